The Balaban J connectivity index is 1.48. The van der Waals surface area contributed by atoms with E-state index >= 15 is 0 Å². The van der Waals surface area contributed by atoms with E-state index in [0.29, 0.717) is 6.54 Å². The Morgan fingerprint density at radius 2 is 1.96 bits per heavy atom. The van der Waals surface area contributed by atoms with Gasteiger partial charge in [0.1, 0.15) is 5.01 Å². The van der Waals surface area contributed by atoms with Gasteiger partial charge in [0.15, 0.2) is 0 Å². The third-order valence-corrected chi connectivity index (χ3v) is 6.29. The molecule has 1 aliphatic rings. The predicted molar refractivity (Wildman–Crippen MR) is 108 cm³/mol. The number of benzene rings is 1. The highest BCUT2D eigenvalue weighted by Gasteiger charge is 2.30. The van der Waals surface area contributed by atoms with Crippen LogP contribution in [0.3, 0.4) is 0 Å². The first kappa shape index (κ1) is 17.9. The lowest BCUT2D eigenvalue weighted by Crippen LogP contribution is -2.37. The van der Waals surface area contributed by atoms with Gasteiger partial charge in [-0.3, -0.25) is 9.78 Å². The molecule has 3 aromatic rings. The van der Waals surface area contributed by atoms with Crippen molar-refractivity contribution in [2.75, 3.05) is 6.54 Å². The third kappa shape index (κ3) is 3.93. The largest absolute Gasteiger partial charge is 0.338 e. The zero-order chi connectivity index (χ0) is 18.6. The highest BCUT2D eigenvalue weighted by Crippen LogP contribution is 2.35. The number of hydrogen-bond acceptors (Lipinski definition) is 4. The van der Waals surface area contributed by atoms with Gasteiger partial charge in [-0.2, -0.15) is 0 Å². The third-order valence-electron chi connectivity index (χ3n) is 5.13. The number of thiazole rings is 1. The van der Waals surface area contributed by atoms with Crippen LogP contribution in [0.1, 0.15) is 29.5 Å². The molecule has 0 saturated heterocycles. The van der Waals surface area contributed by atoms with Gasteiger partial charge in [-0.25, -0.2) is 4.98 Å². The zero-order valence-electron chi connectivity index (χ0n) is 15.5. The summed E-state index contributed by atoms with van der Waals surface area (Å²) < 4.78 is 0. The van der Waals surface area contributed by atoms with E-state index in [4.69, 9.17) is 4.98 Å². The summed E-state index contributed by atoms with van der Waals surface area (Å²) in [5.41, 5.74) is 3.45. The standard InChI is InChI=1S/C22H23N3OS/c1-2-25(15-16-6-4-3-5-7-16)22(26)18-8-9-19-20(14-18)27-21(24-19)17-10-12-23-13-11-17/h3-7,10-13,18H,2,8-9,14-15H2,1H3. The topological polar surface area (TPSA) is 46.1 Å². The normalized spacial score (nSPS) is 16.0. The average Bonchev–Trinajstić information content (AvgIpc) is 3.16. The number of aryl methyl sites for hydroxylation is 1. The van der Waals surface area contributed by atoms with Crippen LogP contribution >= 0.6 is 11.3 Å². The second-order valence-corrected chi connectivity index (χ2v) is 7.99. The lowest BCUT2D eigenvalue weighted by atomic mass is 9.90. The summed E-state index contributed by atoms with van der Waals surface area (Å²) in [7, 11) is 0. The molecule has 0 spiro atoms. The van der Waals surface area contributed by atoms with Gasteiger partial charge in [0.25, 0.3) is 0 Å². The molecule has 0 saturated carbocycles. The maximum Gasteiger partial charge on any atom is 0.226 e. The van der Waals surface area contributed by atoms with Gasteiger partial charge in [-0.15, -0.1) is 11.3 Å². The van der Waals surface area contributed by atoms with E-state index in [1.165, 1.54) is 16.1 Å². The van der Waals surface area contributed by atoms with Crippen LogP contribution in [0.2, 0.25) is 0 Å². The van der Waals surface area contributed by atoms with Gasteiger partial charge in [0.2, 0.25) is 5.91 Å². The van der Waals surface area contributed by atoms with Crippen LogP contribution in [0.4, 0.5) is 0 Å². The van der Waals surface area contributed by atoms with E-state index in [1.807, 2.05) is 35.2 Å². The Morgan fingerprint density at radius 3 is 2.70 bits per heavy atom. The highest BCUT2D eigenvalue weighted by atomic mass is 32.1. The Kier molecular flexibility index (Phi) is 5.30. The van der Waals surface area contributed by atoms with Crippen molar-refractivity contribution in [2.45, 2.75) is 32.7 Å². The maximum absolute atomic E-state index is 13.1. The molecule has 27 heavy (non-hydrogen) atoms. The molecular weight excluding hydrogens is 354 g/mol. The molecule has 138 valence electrons. The molecule has 2 aromatic heterocycles. The molecule has 5 heteroatoms. The Morgan fingerprint density at radius 1 is 1.19 bits per heavy atom. The number of hydrogen-bond donors (Lipinski definition) is 0. The smallest absolute Gasteiger partial charge is 0.226 e. The van der Waals surface area contributed by atoms with Gasteiger partial charge in [-0.05, 0) is 43.9 Å². The maximum atomic E-state index is 13.1. The second kappa shape index (κ2) is 8.01. The molecule has 0 N–H and O–H groups in total. The minimum Gasteiger partial charge on any atom is -0.338 e. The van der Waals surface area contributed by atoms with Crippen LogP contribution in [-0.2, 0) is 24.2 Å². The minimum atomic E-state index is 0.0619. The lowest BCUT2D eigenvalue weighted by Gasteiger charge is -2.28. The summed E-state index contributed by atoms with van der Waals surface area (Å²) in [6, 6.07) is 14.2. The highest BCUT2D eigenvalue weighted by molar-refractivity contribution is 7.15. The monoisotopic (exact) mass is 377 g/mol. The van der Waals surface area contributed by atoms with Gasteiger partial charge in [0.05, 0.1) is 5.69 Å². The number of aromatic nitrogens is 2. The Hall–Kier alpha value is -2.53. The minimum absolute atomic E-state index is 0.0619. The predicted octanol–water partition coefficient (Wildman–Crippen LogP) is 4.36. The van der Waals surface area contributed by atoms with E-state index < -0.39 is 0 Å². The summed E-state index contributed by atoms with van der Waals surface area (Å²) in [6.07, 6.45) is 6.17. The number of pyridine rings is 1. The average molecular weight is 378 g/mol. The fraction of sp³-hybridized carbons (Fsp3) is 0.318. The van der Waals surface area contributed by atoms with Crippen molar-refractivity contribution in [2.24, 2.45) is 5.92 Å². The summed E-state index contributed by atoms with van der Waals surface area (Å²) in [5.74, 6) is 0.331. The van der Waals surface area contributed by atoms with Gasteiger partial charge in [-0.1, -0.05) is 30.3 Å². The lowest BCUT2D eigenvalue weighted by molar-refractivity contribution is -0.136. The van der Waals surface area contributed by atoms with Gasteiger partial charge < -0.3 is 4.90 Å². The summed E-state index contributed by atoms with van der Waals surface area (Å²) >= 11 is 1.72. The summed E-state index contributed by atoms with van der Waals surface area (Å²) in [5, 5.41) is 1.03. The molecule has 1 atom stereocenters. The van der Waals surface area contributed by atoms with Crippen LogP contribution in [0.5, 0.6) is 0 Å². The quantitative estimate of drug-likeness (QED) is 0.664. The molecule has 4 rings (SSSR count). The first-order chi connectivity index (χ1) is 13.2. The summed E-state index contributed by atoms with van der Waals surface area (Å²) in [6.45, 7) is 3.48. The zero-order valence-corrected chi connectivity index (χ0v) is 16.3. The van der Waals surface area contributed by atoms with Crippen molar-refractivity contribution in [1.29, 1.82) is 0 Å². The summed E-state index contributed by atoms with van der Waals surface area (Å²) in [4.78, 5) is 25.3. The molecular formula is C22H23N3OS. The van der Waals surface area contributed by atoms with E-state index in [2.05, 4.69) is 24.0 Å². The first-order valence-corrected chi connectivity index (χ1v) is 10.3. The van der Waals surface area contributed by atoms with Crippen LogP contribution in [-0.4, -0.2) is 27.3 Å². The van der Waals surface area contributed by atoms with E-state index in [9.17, 15) is 4.79 Å². The van der Waals surface area contributed by atoms with Crippen LogP contribution in [0.25, 0.3) is 10.6 Å². The molecule has 2 heterocycles. The molecule has 1 unspecified atom stereocenters. The molecule has 0 radical (unpaired) electrons. The van der Waals surface area contributed by atoms with Gasteiger partial charge in [0, 0.05) is 41.8 Å². The van der Waals surface area contributed by atoms with Crippen LogP contribution < -0.4 is 0 Å². The number of carbonyl (C=O) groups excluding carboxylic acids is 1. The molecule has 4 nitrogen and oxygen atoms in total. The number of fused-ring (bicyclic) bond motifs is 1. The number of nitrogens with zero attached hydrogens (tertiary/aromatic N) is 3. The fourth-order valence-corrected chi connectivity index (χ4v) is 4.80. The van der Waals surface area contributed by atoms with E-state index in [-0.39, 0.29) is 11.8 Å². The van der Waals surface area contributed by atoms with Crippen molar-refractivity contribution in [3.63, 3.8) is 0 Å². The Labute approximate surface area is 163 Å². The van der Waals surface area contributed by atoms with Crippen molar-refractivity contribution in [3.05, 3.63) is 71.0 Å². The van der Waals surface area contributed by atoms with Crippen molar-refractivity contribution in [1.82, 2.24) is 14.9 Å². The van der Waals surface area contributed by atoms with E-state index in [1.54, 1.807) is 23.7 Å². The number of carbonyl (C=O) groups is 1. The number of rotatable bonds is 5. The van der Waals surface area contributed by atoms with Crippen LogP contribution in [0, 0.1) is 5.92 Å². The van der Waals surface area contributed by atoms with Crippen LogP contribution in [0.15, 0.2) is 54.9 Å². The fourth-order valence-electron chi connectivity index (χ4n) is 3.61. The second-order valence-electron chi connectivity index (χ2n) is 6.90. The number of amides is 1. The van der Waals surface area contributed by atoms with Crippen molar-refractivity contribution in [3.8, 4) is 10.6 Å². The van der Waals surface area contributed by atoms with Crippen molar-refractivity contribution >= 4 is 17.2 Å². The Bertz CT molecular complexity index is 908. The molecule has 1 aliphatic carbocycles. The molecule has 1 aromatic carbocycles. The van der Waals surface area contributed by atoms with Gasteiger partial charge >= 0.3 is 0 Å². The molecule has 1 amide bonds. The first-order valence-electron chi connectivity index (χ1n) is 9.46. The SMILES string of the molecule is CCN(Cc1ccccc1)C(=O)C1CCc2nc(-c3ccncc3)sc2C1. The molecule has 0 aliphatic heterocycles. The van der Waals surface area contributed by atoms with Crippen molar-refractivity contribution < 1.29 is 4.79 Å². The molecule has 0 fully saturated rings. The van der Waals surface area contributed by atoms with E-state index in [0.717, 1.165) is 36.4 Å². The molecule has 0 bridgehead atoms.